The molecule has 2 saturated carbocycles. The maximum absolute atomic E-state index is 12.8. The lowest BCUT2D eigenvalue weighted by Crippen LogP contribution is -2.84. The van der Waals surface area contributed by atoms with Crippen LogP contribution in [0.2, 0.25) is 0 Å². The lowest BCUT2D eigenvalue weighted by Gasteiger charge is -2.48. The molecule has 1 spiro atoms. The highest BCUT2D eigenvalue weighted by Gasteiger charge is 2.78. The van der Waals surface area contributed by atoms with E-state index in [0.29, 0.717) is 5.92 Å². The summed E-state index contributed by atoms with van der Waals surface area (Å²) in [4.78, 5) is 12.8. The second kappa shape index (κ2) is 7.13. The number of ether oxygens (including phenoxy) is 4. The summed E-state index contributed by atoms with van der Waals surface area (Å²) in [5, 5.41) is 2.21. The lowest BCUT2D eigenvalue weighted by atomic mass is 9.53. The Kier molecular flexibility index (Phi) is 4.78. The second-order valence-electron chi connectivity index (χ2n) is 9.97. The molecule has 4 aliphatic rings. The van der Waals surface area contributed by atoms with Crippen molar-refractivity contribution in [3.05, 3.63) is 23.8 Å². The van der Waals surface area contributed by atoms with E-state index in [2.05, 4.69) is 19.2 Å². The number of fused-ring (bicyclic) bond motifs is 2. The molecule has 1 aromatic carbocycles. The van der Waals surface area contributed by atoms with Gasteiger partial charge in [-0.2, -0.15) is 0 Å². The molecule has 2 saturated heterocycles. The van der Waals surface area contributed by atoms with Crippen molar-refractivity contribution in [2.75, 3.05) is 20.8 Å². The molecule has 2 heterocycles. The molecule has 0 bridgehead atoms. The number of esters is 1. The van der Waals surface area contributed by atoms with Gasteiger partial charge in [0, 0.05) is 16.9 Å². The highest BCUT2D eigenvalue weighted by molar-refractivity contribution is 5.76. The number of carbonyl (C=O) groups excluding carboxylic acids is 1. The van der Waals surface area contributed by atoms with Gasteiger partial charge in [0.25, 0.3) is 0 Å². The molecule has 2 aliphatic carbocycles. The number of carbonyl (C=O) groups is 1. The van der Waals surface area contributed by atoms with E-state index >= 15 is 0 Å². The molecular formula is C24H34NO5+. The third-order valence-corrected chi connectivity index (χ3v) is 8.44. The van der Waals surface area contributed by atoms with Gasteiger partial charge in [0.1, 0.15) is 24.2 Å². The zero-order valence-corrected chi connectivity index (χ0v) is 18.5. The quantitative estimate of drug-likeness (QED) is 0.569. The predicted molar refractivity (Wildman–Crippen MR) is 110 cm³/mol. The first-order valence-corrected chi connectivity index (χ1v) is 11.3. The van der Waals surface area contributed by atoms with Gasteiger partial charge >= 0.3 is 5.97 Å². The lowest BCUT2D eigenvalue weighted by molar-refractivity contribution is -0.675. The van der Waals surface area contributed by atoms with Crippen LogP contribution in [-0.2, 0) is 20.8 Å². The van der Waals surface area contributed by atoms with Gasteiger partial charge in [-0.05, 0) is 43.4 Å². The van der Waals surface area contributed by atoms with Crippen LogP contribution in [0.4, 0.5) is 0 Å². The number of nitrogens with two attached hydrogens (primary N) is 1. The summed E-state index contributed by atoms with van der Waals surface area (Å²) < 4.78 is 23.2. The van der Waals surface area contributed by atoms with Crippen LogP contribution >= 0.6 is 0 Å². The van der Waals surface area contributed by atoms with E-state index in [1.807, 2.05) is 18.2 Å². The van der Waals surface area contributed by atoms with Crippen molar-refractivity contribution in [1.29, 1.82) is 0 Å². The Hall–Kier alpha value is -1.79. The van der Waals surface area contributed by atoms with E-state index in [0.717, 1.165) is 36.6 Å². The summed E-state index contributed by atoms with van der Waals surface area (Å²) in [5.74, 6) is 2.11. The molecule has 0 radical (unpaired) electrons. The van der Waals surface area contributed by atoms with Gasteiger partial charge in [-0.1, -0.05) is 20.3 Å². The van der Waals surface area contributed by atoms with Gasteiger partial charge in [-0.15, -0.1) is 0 Å². The molecule has 30 heavy (non-hydrogen) atoms. The Morgan fingerprint density at radius 2 is 2.03 bits per heavy atom. The summed E-state index contributed by atoms with van der Waals surface area (Å²) in [5.41, 5.74) is 1.27. The molecule has 164 valence electrons. The maximum atomic E-state index is 12.8. The van der Waals surface area contributed by atoms with Crippen LogP contribution in [0, 0.1) is 23.2 Å². The summed E-state index contributed by atoms with van der Waals surface area (Å²) in [6, 6.07) is 5.97. The van der Waals surface area contributed by atoms with Gasteiger partial charge in [-0.3, -0.25) is 4.79 Å². The standard InChI is InChI=1S/C24H33NO5/c1-14-6-5-9-23(2)11-19-20(21-24(14,23)30-21)16(22(26)29-19)13-25-12-15-7-8-17(27-3)18(10-15)28-4/h7-8,10,14,16,19-21,25H,5-6,9,11-13H2,1-4H3/p+1/t14-,16+,19-,20-,21+,23-,24+/m1/s1. The molecule has 6 heteroatoms. The minimum Gasteiger partial charge on any atom is -0.493 e. The molecule has 2 aliphatic heterocycles. The zero-order chi connectivity index (χ0) is 21.1. The minimum absolute atomic E-state index is 0.0212. The molecule has 1 aromatic rings. The van der Waals surface area contributed by atoms with E-state index < -0.39 is 0 Å². The average Bonchev–Trinajstić information content (AvgIpc) is 3.42. The van der Waals surface area contributed by atoms with Crippen LogP contribution in [0.15, 0.2) is 18.2 Å². The normalized spacial score (nSPS) is 41.3. The summed E-state index contributed by atoms with van der Waals surface area (Å²) in [7, 11) is 3.29. The Morgan fingerprint density at radius 1 is 1.23 bits per heavy atom. The van der Waals surface area contributed by atoms with Crippen molar-refractivity contribution in [2.24, 2.45) is 23.2 Å². The van der Waals surface area contributed by atoms with Gasteiger partial charge in [0.15, 0.2) is 11.5 Å². The maximum Gasteiger partial charge on any atom is 0.315 e. The SMILES string of the molecule is COc1ccc(C[NH2+]C[C@@H]2C(=O)O[C@@H]3C[C@@]4(C)CCC[C@@H](C)[C@@]45O[C@H]5[C@H]23)cc1OC. The van der Waals surface area contributed by atoms with Crippen LogP contribution in [0.25, 0.3) is 0 Å². The Labute approximate surface area is 178 Å². The number of benzene rings is 1. The fourth-order valence-electron chi connectivity index (χ4n) is 6.94. The van der Waals surface area contributed by atoms with Gasteiger partial charge in [0.2, 0.25) is 0 Å². The van der Waals surface area contributed by atoms with Crippen LogP contribution in [0.1, 0.15) is 45.1 Å². The van der Waals surface area contributed by atoms with Gasteiger partial charge in [0.05, 0.1) is 26.9 Å². The highest BCUT2D eigenvalue weighted by atomic mass is 16.6. The fourth-order valence-corrected chi connectivity index (χ4v) is 6.94. The first kappa shape index (κ1) is 20.1. The van der Waals surface area contributed by atoms with Crippen molar-refractivity contribution in [2.45, 2.75) is 63.9 Å². The molecule has 0 amide bonds. The van der Waals surface area contributed by atoms with Crippen molar-refractivity contribution in [3.63, 3.8) is 0 Å². The van der Waals surface area contributed by atoms with Crippen molar-refractivity contribution >= 4 is 5.97 Å². The molecule has 0 unspecified atom stereocenters. The van der Waals surface area contributed by atoms with Crippen LogP contribution < -0.4 is 14.8 Å². The number of methoxy groups -OCH3 is 2. The molecule has 7 atom stereocenters. The topological polar surface area (TPSA) is 73.9 Å². The fraction of sp³-hybridized carbons (Fsp3) is 0.708. The molecule has 4 fully saturated rings. The van der Waals surface area contributed by atoms with Gasteiger partial charge < -0.3 is 24.3 Å². The number of quaternary nitrogens is 1. The molecule has 0 aromatic heterocycles. The first-order chi connectivity index (χ1) is 14.4. The summed E-state index contributed by atoms with van der Waals surface area (Å²) >= 11 is 0. The third-order valence-electron chi connectivity index (χ3n) is 8.44. The number of hydrogen-bond acceptors (Lipinski definition) is 5. The largest absolute Gasteiger partial charge is 0.493 e. The van der Waals surface area contributed by atoms with E-state index in [1.54, 1.807) is 14.2 Å². The second-order valence-corrected chi connectivity index (χ2v) is 9.97. The molecule has 5 rings (SSSR count). The summed E-state index contributed by atoms with van der Waals surface area (Å²) in [6.07, 6.45) is 4.83. The number of rotatable bonds is 6. The Balaban J connectivity index is 1.27. The van der Waals surface area contributed by atoms with Crippen molar-refractivity contribution < 1.29 is 29.1 Å². The van der Waals surface area contributed by atoms with Crippen LogP contribution in [0.5, 0.6) is 11.5 Å². The van der Waals surface area contributed by atoms with E-state index in [-0.39, 0.29) is 41.0 Å². The predicted octanol–water partition coefficient (Wildman–Crippen LogP) is 2.29. The van der Waals surface area contributed by atoms with Crippen LogP contribution in [-0.4, -0.2) is 44.5 Å². The monoisotopic (exact) mass is 416 g/mol. The minimum atomic E-state index is -0.0850. The number of hydrogen-bond donors (Lipinski definition) is 1. The smallest absolute Gasteiger partial charge is 0.315 e. The van der Waals surface area contributed by atoms with Crippen molar-refractivity contribution in [1.82, 2.24) is 0 Å². The average molecular weight is 417 g/mol. The zero-order valence-electron chi connectivity index (χ0n) is 18.5. The number of epoxide rings is 1. The van der Waals surface area contributed by atoms with Gasteiger partial charge in [-0.25, -0.2) is 0 Å². The first-order valence-electron chi connectivity index (χ1n) is 11.3. The van der Waals surface area contributed by atoms with E-state index in [1.165, 1.54) is 19.3 Å². The Morgan fingerprint density at radius 3 is 2.80 bits per heavy atom. The molecule has 2 N–H and O–H groups in total. The van der Waals surface area contributed by atoms with E-state index in [4.69, 9.17) is 18.9 Å². The van der Waals surface area contributed by atoms with Crippen LogP contribution in [0.3, 0.4) is 0 Å². The Bertz CT molecular complexity index is 843. The third kappa shape index (κ3) is 2.79. The van der Waals surface area contributed by atoms with E-state index in [9.17, 15) is 4.79 Å². The molecular weight excluding hydrogens is 382 g/mol. The summed E-state index contributed by atoms with van der Waals surface area (Å²) in [6.45, 7) is 6.22. The van der Waals surface area contributed by atoms with Crippen molar-refractivity contribution in [3.8, 4) is 11.5 Å². The molecule has 6 nitrogen and oxygen atoms in total. The highest BCUT2D eigenvalue weighted by Crippen LogP contribution is 2.70.